The molecule has 0 radical (unpaired) electrons. The first-order valence-corrected chi connectivity index (χ1v) is 11.6. The van der Waals surface area contributed by atoms with E-state index in [1.165, 1.54) is 11.8 Å². The maximum absolute atomic E-state index is 13.3. The van der Waals surface area contributed by atoms with Gasteiger partial charge in [-0.15, -0.1) is 0 Å². The van der Waals surface area contributed by atoms with Crippen molar-refractivity contribution in [1.82, 2.24) is 19.8 Å². The Morgan fingerprint density at radius 3 is 2.60 bits per heavy atom. The summed E-state index contributed by atoms with van der Waals surface area (Å²) in [4.78, 5) is 29.8. The molecule has 2 aromatic heterocycles. The highest BCUT2D eigenvalue weighted by atomic mass is 35.5. The van der Waals surface area contributed by atoms with Crippen LogP contribution in [0.4, 0.5) is 5.69 Å². The molecule has 10 nitrogen and oxygen atoms in total. The number of rotatable bonds is 6. The Kier molecular flexibility index (Phi) is 7.02. The van der Waals surface area contributed by atoms with Gasteiger partial charge >= 0.3 is 5.97 Å². The molecule has 1 saturated heterocycles. The van der Waals surface area contributed by atoms with Crippen molar-refractivity contribution in [2.75, 3.05) is 38.8 Å². The standard InChI is InChI=1S/C24H28ClN5O5/c1-14-12-28(17-6-7-18(25)20(11-17)33-4)8-9-29(14)21(31)13-30-16(3)22(24(32)34-5)23(26-30)19-10-15(2)35-27-19/h6-7,10-11,14H,8-9,12-13H2,1-5H3/t14-/m0/s1. The second-order valence-corrected chi connectivity index (χ2v) is 8.89. The van der Waals surface area contributed by atoms with Crippen LogP contribution in [0.5, 0.6) is 5.75 Å². The molecule has 1 amide bonds. The van der Waals surface area contributed by atoms with Crippen molar-refractivity contribution in [2.24, 2.45) is 0 Å². The number of piperazine rings is 1. The quantitative estimate of drug-likeness (QED) is 0.474. The Morgan fingerprint density at radius 1 is 1.20 bits per heavy atom. The van der Waals surface area contributed by atoms with Crippen LogP contribution in [-0.4, -0.2) is 71.6 Å². The number of ether oxygens (including phenoxy) is 2. The summed E-state index contributed by atoms with van der Waals surface area (Å²) in [5.41, 5.74) is 2.53. The van der Waals surface area contributed by atoms with Crippen LogP contribution in [0.1, 0.15) is 28.7 Å². The van der Waals surface area contributed by atoms with E-state index in [1.54, 1.807) is 27.0 Å². The number of aromatic nitrogens is 3. The largest absolute Gasteiger partial charge is 0.495 e. The van der Waals surface area contributed by atoms with E-state index in [-0.39, 0.29) is 24.1 Å². The highest BCUT2D eigenvalue weighted by Gasteiger charge is 2.30. The van der Waals surface area contributed by atoms with Gasteiger partial charge in [-0.2, -0.15) is 5.10 Å². The second-order valence-electron chi connectivity index (χ2n) is 8.48. The Balaban J connectivity index is 1.51. The number of hydrogen-bond donors (Lipinski definition) is 0. The minimum absolute atomic E-state index is 0.00817. The summed E-state index contributed by atoms with van der Waals surface area (Å²) < 4.78 is 17.0. The third-order valence-corrected chi connectivity index (χ3v) is 6.51. The summed E-state index contributed by atoms with van der Waals surface area (Å²) in [6.07, 6.45) is 0. The highest BCUT2D eigenvalue weighted by Crippen LogP contribution is 2.31. The van der Waals surface area contributed by atoms with Gasteiger partial charge in [0.15, 0.2) is 0 Å². The number of aryl methyl sites for hydroxylation is 1. The van der Waals surface area contributed by atoms with Gasteiger partial charge in [0.1, 0.15) is 35.0 Å². The highest BCUT2D eigenvalue weighted by molar-refractivity contribution is 6.32. The van der Waals surface area contributed by atoms with Gasteiger partial charge in [0, 0.05) is 43.5 Å². The fraction of sp³-hybridized carbons (Fsp3) is 0.417. The number of esters is 1. The van der Waals surface area contributed by atoms with Crippen molar-refractivity contribution < 1.29 is 23.6 Å². The lowest BCUT2D eigenvalue weighted by Gasteiger charge is -2.41. The zero-order valence-corrected chi connectivity index (χ0v) is 21.1. The molecule has 0 saturated carbocycles. The van der Waals surface area contributed by atoms with Gasteiger partial charge in [-0.1, -0.05) is 16.8 Å². The number of carbonyl (C=O) groups is 2. The lowest BCUT2D eigenvalue weighted by atomic mass is 10.1. The molecule has 186 valence electrons. The van der Waals surface area contributed by atoms with E-state index >= 15 is 0 Å². The van der Waals surface area contributed by atoms with Crippen LogP contribution < -0.4 is 9.64 Å². The normalized spacial score (nSPS) is 15.9. The number of methoxy groups -OCH3 is 2. The van der Waals surface area contributed by atoms with Crippen LogP contribution in [0.15, 0.2) is 28.8 Å². The predicted molar refractivity (Wildman–Crippen MR) is 130 cm³/mol. The van der Waals surface area contributed by atoms with Crippen molar-refractivity contribution in [1.29, 1.82) is 0 Å². The lowest BCUT2D eigenvalue weighted by Crippen LogP contribution is -2.54. The van der Waals surface area contributed by atoms with Gasteiger partial charge in [-0.3, -0.25) is 9.48 Å². The van der Waals surface area contributed by atoms with E-state index in [1.807, 2.05) is 30.0 Å². The molecule has 0 bridgehead atoms. The summed E-state index contributed by atoms with van der Waals surface area (Å²) in [5, 5.41) is 9.05. The minimum atomic E-state index is -0.544. The molecule has 0 spiro atoms. The molecule has 1 aliphatic heterocycles. The van der Waals surface area contributed by atoms with Crippen LogP contribution in [0.2, 0.25) is 5.02 Å². The number of nitrogens with zero attached hydrogens (tertiary/aromatic N) is 5. The van der Waals surface area contributed by atoms with Crippen LogP contribution >= 0.6 is 11.6 Å². The summed E-state index contributed by atoms with van der Waals surface area (Å²) in [7, 11) is 2.89. The monoisotopic (exact) mass is 501 g/mol. The number of hydrogen-bond acceptors (Lipinski definition) is 8. The van der Waals surface area contributed by atoms with Crippen molar-refractivity contribution in [3.63, 3.8) is 0 Å². The van der Waals surface area contributed by atoms with Gasteiger partial charge in [-0.05, 0) is 32.9 Å². The molecule has 1 aromatic carbocycles. The van der Waals surface area contributed by atoms with Crippen LogP contribution in [0.3, 0.4) is 0 Å². The molecule has 0 unspecified atom stereocenters. The molecule has 4 rings (SSSR count). The Morgan fingerprint density at radius 2 is 1.97 bits per heavy atom. The van der Waals surface area contributed by atoms with E-state index in [0.717, 1.165) is 5.69 Å². The molecular weight excluding hydrogens is 474 g/mol. The first kappa shape index (κ1) is 24.6. The van der Waals surface area contributed by atoms with Crippen molar-refractivity contribution in [3.05, 3.63) is 46.3 Å². The number of anilines is 1. The van der Waals surface area contributed by atoms with Gasteiger partial charge in [0.05, 0.1) is 24.9 Å². The van der Waals surface area contributed by atoms with Gasteiger partial charge in [0.25, 0.3) is 0 Å². The summed E-state index contributed by atoms with van der Waals surface area (Å²) in [6.45, 7) is 7.36. The van der Waals surface area contributed by atoms with Crippen LogP contribution in [-0.2, 0) is 16.1 Å². The summed E-state index contributed by atoms with van der Waals surface area (Å²) >= 11 is 6.16. The Labute approximate surface area is 208 Å². The smallest absolute Gasteiger partial charge is 0.342 e. The zero-order valence-electron chi connectivity index (χ0n) is 20.4. The molecule has 11 heteroatoms. The fourth-order valence-electron chi connectivity index (χ4n) is 4.33. The second kappa shape index (κ2) is 9.99. The number of carbonyl (C=O) groups excluding carboxylic acids is 2. The average Bonchev–Trinajstić information content (AvgIpc) is 3.41. The first-order valence-electron chi connectivity index (χ1n) is 11.2. The van der Waals surface area contributed by atoms with Gasteiger partial charge in [-0.25, -0.2) is 4.79 Å². The summed E-state index contributed by atoms with van der Waals surface area (Å²) in [6, 6.07) is 7.32. The third-order valence-electron chi connectivity index (χ3n) is 6.20. The van der Waals surface area contributed by atoms with Crippen molar-refractivity contribution >= 4 is 29.2 Å². The first-order chi connectivity index (χ1) is 16.7. The molecular formula is C24H28ClN5O5. The van der Waals surface area contributed by atoms with E-state index in [4.69, 9.17) is 25.6 Å². The maximum Gasteiger partial charge on any atom is 0.342 e. The minimum Gasteiger partial charge on any atom is -0.495 e. The third kappa shape index (κ3) is 4.84. The van der Waals surface area contributed by atoms with Crippen molar-refractivity contribution in [2.45, 2.75) is 33.4 Å². The van der Waals surface area contributed by atoms with E-state index in [0.29, 0.717) is 53.2 Å². The molecule has 0 N–H and O–H groups in total. The predicted octanol–water partition coefficient (Wildman–Crippen LogP) is 3.34. The van der Waals surface area contributed by atoms with Gasteiger partial charge in [0.2, 0.25) is 5.91 Å². The summed E-state index contributed by atoms with van der Waals surface area (Å²) in [5.74, 6) is 0.570. The number of amides is 1. The molecule has 35 heavy (non-hydrogen) atoms. The topological polar surface area (TPSA) is 103 Å². The van der Waals surface area contributed by atoms with E-state index < -0.39 is 5.97 Å². The molecule has 3 heterocycles. The molecule has 1 fully saturated rings. The van der Waals surface area contributed by atoms with Crippen LogP contribution in [0.25, 0.3) is 11.4 Å². The molecule has 3 aromatic rings. The maximum atomic E-state index is 13.3. The lowest BCUT2D eigenvalue weighted by molar-refractivity contribution is -0.134. The average molecular weight is 502 g/mol. The molecule has 1 atom stereocenters. The van der Waals surface area contributed by atoms with Crippen LogP contribution in [0, 0.1) is 13.8 Å². The van der Waals surface area contributed by atoms with Crippen molar-refractivity contribution in [3.8, 4) is 17.1 Å². The number of halogens is 1. The number of benzene rings is 1. The molecule has 0 aliphatic carbocycles. The van der Waals surface area contributed by atoms with Gasteiger partial charge < -0.3 is 23.8 Å². The zero-order chi connectivity index (χ0) is 25.3. The Bertz CT molecular complexity index is 1250. The SMILES string of the molecule is COC(=O)c1c(-c2cc(C)on2)nn(CC(=O)N2CCN(c3ccc(Cl)c(OC)c3)C[C@@H]2C)c1C. The van der Waals surface area contributed by atoms with E-state index in [2.05, 4.69) is 15.2 Å². The fourth-order valence-corrected chi connectivity index (χ4v) is 4.53. The Hall–Kier alpha value is -3.53. The molecule has 1 aliphatic rings. The van der Waals surface area contributed by atoms with E-state index in [9.17, 15) is 9.59 Å².